The fraction of sp³-hybridized carbons (Fsp3) is 0.133. The fourth-order valence-corrected chi connectivity index (χ4v) is 2.57. The van der Waals surface area contributed by atoms with E-state index in [1.54, 1.807) is 7.05 Å². The van der Waals surface area contributed by atoms with Crippen molar-refractivity contribution in [1.29, 1.82) is 0 Å². The Labute approximate surface area is 131 Å². The Hall–Kier alpha value is -1.52. The van der Waals surface area contributed by atoms with Crippen LogP contribution in [0.25, 0.3) is 0 Å². The minimum absolute atomic E-state index is 0.0787. The van der Waals surface area contributed by atoms with Crippen molar-refractivity contribution in [3.63, 3.8) is 0 Å². The number of anilines is 1. The molecule has 3 nitrogen and oxygen atoms in total. The molecule has 0 fully saturated rings. The van der Waals surface area contributed by atoms with Crippen LogP contribution in [-0.4, -0.2) is 13.0 Å². The molecule has 0 aliphatic heterocycles. The maximum Gasteiger partial charge on any atom is 0.251 e. The van der Waals surface area contributed by atoms with Crippen molar-refractivity contribution in [3.8, 4) is 0 Å². The third-order valence-electron chi connectivity index (χ3n) is 2.86. The van der Waals surface area contributed by atoms with Gasteiger partial charge in [0.1, 0.15) is 0 Å². The van der Waals surface area contributed by atoms with Gasteiger partial charge in [-0.05, 0) is 51.8 Å². The van der Waals surface area contributed by atoms with E-state index in [9.17, 15) is 4.79 Å². The van der Waals surface area contributed by atoms with E-state index in [0.29, 0.717) is 17.1 Å². The second kappa shape index (κ2) is 6.77. The quantitative estimate of drug-likeness (QED) is 0.870. The third kappa shape index (κ3) is 3.74. The zero-order valence-electron chi connectivity index (χ0n) is 10.9. The summed E-state index contributed by atoms with van der Waals surface area (Å²) in [5.74, 6) is -0.0787. The number of benzene rings is 2. The first-order chi connectivity index (χ1) is 9.60. The van der Waals surface area contributed by atoms with Crippen molar-refractivity contribution in [1.82, 2.24) is 5.32 Å². The zero-order valence-corrected chi connectivity index (χ0v) is 13.3. The molecule has 104 valence electrons. The van der Waals surface area contributed by atoms with Crippen molar-refractivity contribution < 1.29 is 4.79 Å². The Morgan fingerprint density at radius 3 is 2.50 bits per heavy atom. The number of nitrogens with one attached hydrogen (secondary N) is 2. The Morgan fingerprint density at radius 1 is 1.20 bits per heavy atom. The molecule has 1 amide bonds. The van der Waals surface area contributed by atoms with Crippen molar-refractivity contribution in [2.75, 3.05) is 12.4 Å². The van der Waals surface area contributed by atoms with E-state index in [4.69, 9.17) is 11.6 Å². The summed E-state index contributed by atoms with van der Waals surface area (Å²) in [6, 6.07) is 13.1. The molecule has 2 aromatic rings. The Morgan fingerprint density at radius 2 is 1.90 bits per heavy atom. The molecule has 0 unspecified atom stereocenters. The van der Waals surface area contributed by atoms with Crippen molar-refractivity contribution in [3.05, 3.63) is 63.1 Å². The molecule has 0 saturated carbocycles. The van der Waals surface area contributed by atoms with Crippen LogP contribution in [0.4, 0.5) is 5.69 Å². The molecule has 0 atom stereocenters. The van der Waals surface area contributed by atoms with E-state index >= 15 is 0 Å². The Kier molecular flexibility index (Phi) is 5.04. The first-order valence-electron chi connectivity index (χ1n) is 6.10. The molecule has 0 aromatic heterocycles. The topological polar surface area (TPSA) is 41.1 Å². The van der Waals surface area contributed by atoms with Crippen LogP contribution in [0.2, 0.25) is 5.02 Å². The van der Waals surface area contributed by atoms with Gasteiger partial charge in [-0.1, -0.05) is 23.7 Å². The predicted octanol–water partition coefficient (Wildman–Crippen LogP) is 4.07. The number of carbonyl (C=O) groups is 1. The first kappa shape index (κ1) is 14.9. The lowest BCUT2D eigenvalue weighted by molar-refractivity contribution is 0.0963. The van der Waals surface area contributed by atoms with Gasteiger partial charge >= 0.3 is 0 Å². The highest BCUT2D eigenvalue weighted by Crippen LogP contribution is 2.26. The predicted molar refractivity (Wildman–Crippen MR) is 86.3 cm³/mol. The number of rotatable bonds is 4. The minimum Gasteiger partial charge on any atom is -0.380 e. The smallest absolute Gasteiger partial charge is 0.251 e. The van der Waals surface area contributed by atoms with Gasteiger partial charge in [-0.15, -0.1) is 0 Å². The number of hydrogen-bond donors (Lipinski definition) is 2. The summed E-state index contributed by atoms with van der Waals surface area (Å²) >= 11 is 9.36. The molecule has 0 spiro atoms. The number of amides is 1. The standard InChI is InChI=1S/C15H14BrClN2O/c1-18-15(20)11-4-2-10(3-5-11)9-19-14-7-6-12(17)8-13(14)16/h2-8,19H,9H2,1H3,(H,18,20). The molecule has 0 bridgehead atoms. The third-order valence-corrected chi connectivity index (χ3v) is 3.75. The molecule has 0 saturated heterocycles. The number of carbonyl (C=O) groups excluding carboxylic acids is 1. The first-order valence-corrected chi connectivity index (χ1v) is 7.27. The molecule has 0 heterocycles. The molecular weight excluding hydrogens is 340 g/mol. The average molecular weight is 354 g/mol. The van der Waals surface area contributed by atoms with Gasteiger partial charge < -0.3 is 10.6 Å². The van der Waals surface area contributed by atoms with Crippen LogP contribution in [0, 0.1) is 0 Å². The van der Waals surface area contributed by atoms with E-state index in [1.807, 2.05) is 42.5 Å². The SMILES string of the molecule is CNC(=O)c1ccc(CNc2ccc(Cl)cc2Br)cc1. The van der Waals surface area contributed by atoms with Crippen molar-refractivity contribution in [2.45, 2.75) is 6.54 Å². The van der Waals surface area contributed by atoms with Crippen molar-refractivity contribution >= 4 is 39.1 Å². The maximum absolute atomic E-state index is 11.4. The monoisotopic (exact) mass is 352 g/mol. The van der Waals surface area contributed by atoms with E-state index in [2.05, 4.69) is 26.6 Å². The highest BCUT2D eigenvalue weighted by Gasteiger charge is 2.03. The summed E-state index contributed by atoms with van der Waals surface area (Å²) in [6.45, 7) is 0.675. The van der Waals surface area contributed by atoms with Gasteiger partial charge in [0, 0.05) is 34.3 Å². The maximum atomic E-state index is 11.4. The van der Waals surface area contributed by atoms with Crippen LogP contribution in [0.1, 0.15) is 15.9 Å². The lowest BCUT2D eigenvalue weighted by atomic mass is 10.1. The lowest BCUT2D eigenvalue weighted by Crippen LogP contribution is -2.17. The average Bonchev–Trinajstić information content (AvgIpc) is 2.46. The second-order valence-corrected chi connectivity index (χ2v) is 5.54. The van der Waals surface area contributed by atoms with Crippen LogP contribution >= 0.6 is 27.5 Å². The van der Waals surface area contributed by atoms with Crippen LogP contribution in [0.3, 0.4) is 0 Å². The zero-order chi connectivity index (χ0) is 14.5. The molecule has 2 rings (SSSR count). The molecule has 2 N–H and O–H groups in total. The molecule has 0 aliphatic carbocycles. The van der Waals surface area contributed by atoms with Crippen molar-refractivity contribution in [2.24, 2.45) is 0 Å². The van der Waals surface area contributed by atoms with E-state index in [0.717, 1.165) is 15.7 Å². The van der Waals surface area contributed by atoms with Gasteiger partial charge in [0.05, 0.1) is 0 Å². The largest absolute Gasteiger partial charge is 0.380 e. The molecule has 0 aliphatic rings. The van der Waals surface area contributed by atoms with Gasteiger partial charge in [0.2, 0.25) is 0 Å². The minimum atomic E-state index is -0.0787. The highest BCUT2D eigenvalue weighted by molar-refractivity contribution is 9.10. The summed E-state index contributed by atoms with van der Waals surface area (Å²) < 4.78 is 0.923. The van der Waals surface area contributed by atoms with E-state index < -0.39 is 0 Å². The molecule has 2 aromatic carbocycles. The van der Waals surface area contributed by atoms with E-state index in [-0.39, 0.29) is 5.91 Å². The Balaban J connectivity index is 2.02. The van der Waals surface area contributed by atoms with Crippen LogP contribution in [0.5, 0.6) is 0 Å². The van der Waals surface area contributed by atoms with Gasteiger partial charge in [-0.3, -0.25) is 4.79 Å². The summed E-state index contributed by atoms with van der Waals surface area (Å²) in [6.07, 6.45) is 0. The molecule has 5 heteroatoms. The Bertz CT molecular complexity index is 614. The normalized spacial score (nSPS) is 10.2. The summed E-state index contributed by atoms with van der Waals surface area (Å²) in [7, 11) is 1.62. The van der Waals surface area contributed by atoms with Crippen LogP contribution in [0.15, 0.2) is 46.9 Å². The van der Waals surface area contributed by atoms with Gasteiger partial charge in [0.25, 0.3) is 5.91 Å². The van der Waals surface area contributed by atoms with E-state index in [1.165, 1.54) is 0 Å². The fourth-order valence-electron chi connectivity index (χ4n) is 1.75. The second-order valence-electron chi connectivity index (χ2n) is 4.25. The van der Waals surface area contributed by atoms with Gasteiger partial charge in [-0.2, -0.15) is 0 Å². The lowest BCUT2D eigenvalue weighted by Gasteiger charge is -2.09. The summed E-state index contributed by atoms with van der Waals surface area (Å²) in [4.78, 5) is 11.4. The molecule has 0 radical (unpaired) electrons. The van der Waals surface area contributed by atoms with Gasteiger partial charge in [0.15, 0.2) is 0 Å². The molecular formula is C15H14BrClN2O. The number of halogens is 2. The summed E-state index contributed by atoms with van der Waals surface area (Å²) in [5, 5.41) is 6.60. The summed E-state index contributed by atoms with van der Waals surface area (Å²) in [5.41, 5.74) is 2.73. The van der Waals surface area contributed by atoms with Gasteiger partial charge in [-0.25, -0.2) is 0 Å². The van der Waals surface area contributed by atoms with Crippen LogP contribution < -0.4 is 10.6 Å². The molecule has 20 heavy (non-hydrogen) atoms. The number of hydrogen-bond acceptors (Lipinski definition) is 2. The van der Waals surface area contributed by atoms with Crippen LogP contribution in [-0.2, 0) is 6.54 Å². The highest BCUT2D eigenvalue weighted by atomic mass is 79.9.